The number of anilines is 1. The minimum absolute atomic E-state index is 0.0157. The summed E-state index contributed by atoms with van der Waals surface area (Å²) in [6.07, 6.45) is 1.03. The molecule has 2 fully saturated rings. The zero-order valence-electron chi connectivity index (χ0n) is 17.3. The molecular weight excluding hydrogens is 485 g/mol. The molecule has 3 aromatic rings. The molecule has 0 aliphatic heterocycles. The molecule has 2 heterocycles. The van der Waals surface area contributed by atoms with Crippen LogP contribution in [0.15, 0.2) is 35.5 Å². The van der Waals surface area contributed by atoms with Crippen molar-refractivity contribution in [2.45, 2.75) is 54.0 Å². The van der Waals surface area contributed by atoms with E-state index in [9.17, 15) is 22.0 Å². The fourth-order valence-electron chi connectivity index (χ4n) is 3.40. The average molecular weight is 504 g/mol. The van der Waals surface area contributed by atoms with Gasteiger partial charge in [-0.05, 0) is 43.4 Å². The molecule has 0 unspecified atom stereocenters. The molecule has 2 aliphatic rings. The van der Waals surface area contributed by atoms with Gasteiger partial charge in [-0.15, -0.1) is 11.8 Å². The molecule has 0 radical (unpaired) electrons. The molecule has 1 N–H and O–H groups in total. The lowest BCUT2D eigenvalue weighted by Gasteiger charge is -2.18. The number of thioether (sulfide) groups is 1. The number of aryl methyl sites for hydroxylation is 1. The first-order chi connectivity index (χ1) is 15.5. The lowest BCUT2D eigenvalue weighted by Crippen LogP contribution is -2.34. The first kappa shape index (κ1) is 22.5. The van der Waals surface area contributed by atoms with Crippen molar-refractivity contribution in [1.82, 2.24) is 19.6 Å². The van der Waals surface area contributed by atoms with E-state index in [2.05, 4.69) is 15.5 Å². The van der Waals surface area contributed by atoms with Gasteiger partial charge in [0.2, 0.25) is 0 Å². The van der Waals surface area contributed by atoms with Gasteiger partial charge in [0.05, 0.1) is 21.8 Å². The van der Waals surface area contributed by atoms with Crippen LogP contribution < -0.4 is 5.32 Å². The SMILES string of the molecule is Cn1nc(C(F)(F)C(F)(F)F)c(SC2CC2)c1-n1cc(-c2ccc(Cl)c(NC3CC3)c2)cn1. The Morgan fingerprint density at radius 2 is 1.82 bits per heavy atom. The summed E-state index contributed by atoms with van der Waals surface area (Å²) in [7, 11) is 1.34. The highest BCUT2D eigenvalue weighted by atomic mass is 35.5. The first-order valence-electron chi connectivity index (χ1n) is 10.3. The van der Waals surface area contributed by atoms with Crippen molar-refractivity contribution in [3.63, 3.8) is 0 Å². The molecule has 176 valence electrons. The van der Waals surface area contributed by atoms with Crippen LogP contribution in [-0.2, 0) is 13.0 Å². The second kappa shape index (κ2) is 7.90. The Morgan fingerprint density at radius 3 is 2.45 bits per heavy atom. The predicted molar refractivity (Wildman–Crippen MR) is 116 cm³/mol. The van der Waals surface area contributed by atoms with Gasteiger partial charge in [0.15, 0.2) is 11.5 Å². The second-order valence-electron chi connectivity index (χ2n) is 8.30. The summed E-state index contributed by atoms with van der Waals surface area (Å²) in [5.74, 6) is -5.00. The van der Waals surface area contributed by atoms with Crippen molar-refractivity contribution in [1.29, 1.82) is 0 Å². The van der Waals surface area contributed by atoms with Gasteiger partial charge in [0, 0.05) is 30.1 Å². The topological polar surface area (TPSA) is 47.7 Å². The van der Waals surface area contributed by atoms with E-state index in [1.807, 2.05) is 6.07 Å². The number of alkyl halides is 5. The van der Waals surface area contributed by atoms with Crippen LogP contribution in [0.4, 0.5) is 27.6 Å². The summed E-state index contributed by atoms with van der Waals surface area (Å²) in [6.45, 7) is 0. The smallest absolute Gasteiger partial charge is 0.381 e. The zero-order chi connectivity index (χ0) is 23.5. The van der Waals surface area contributed by atoms with E-state index in [0.29, 0.717) is 16.6 Å². The number of rotatable bonds is 7. The van der Waals surface area contributed by atoms with Crippen molar-refractivity contribution in [2.75, 3.05) is 5.32 Å². The predicted octanol–water partition coefficient (Wildman–Crippen LogP) is 6.41. The molecule has 2 aromatic heterocycles. The van der Waals surface area contributed by atoms with Crippen LogP contribution >= 0.6 is 23.4 Å². The van der Waals surface area contributed by atoms with E-state index in [1.54, 1.807) is 18.3 Å². The quantitative estimate of drug-likeness (QED) is 0.378. The monoisotopic (exact) mass is 503 g/mol. The Bertz CT molecular complexity index is 1200. The summed E-state index contributed by atoms with van der Waals surface area (Å²) < 4.78 is 70.3. The molecule has 0 bridgehead atoms. The Balaban J connectivity index is 1.54. The number of hydrogen-bond acceptors (Lipinski definition) is 4. The molecule has 12 heteroatoms. The first-order valence-corrected chi connectivity index (χ1v) is 11.6. The van der Waals surface area contributed by atoms with E-state index in [0.717, 1.165) is 53.4 Å². The molecule has 5 nitrogen and oxygen atoms in total. The molecular formula is C21H19ClF5N5S. The highest BCUT2D eigenvalue weighted by molar-refractivity contribution is 8.00. The highest BCUT2D eigenvalue weighted by Crippen LogP contribution is 2.51. The van der Waals surface area contributed by atoms with Gasteiger partial charge in [0.1, 0.15) is 0 Å². The summed E-state index contributed by atoms with van der Waals surface area (Å²) in [5, 5.41) is 11.8. The summed E-state index contributed by atoms with van der Waals surface area (Å²) in [4.78, 5) is -0.204. The van der Waals surface area contributed by atoms with Gasteiger partial charge in [-0.25, -0.2) is 9.36 Å². The Kier molecular flexibility index (Phi) is 5.39. The third kappa shape index (κ3) is 4.32. The summed E-state index contributed by atoms with van der Waals surface area (Å²) >= 11 is 7.27. The number of benzene rings is 1. The number of aromatic nitrogens is 4. The minimum Gasteiger partial charge on any atom is -0.381 e. The van der Waals surface area contributed by atoms with Gasteiger partial charge in [0.25, 0.3) is 0 Å². The number of halogens is 6. The molecule has 0 saturated heterocycles. The highest BCUT2D eigenvalue weighted by Gasteiger charge is 2.62. The van der Waals surface area contributed by atoms with E-state index >= 15 is 0 Å². The standard InChI is InChI=1S/C21H19ClF5N5S/c1-31-19(17(33-14-5-6-14)18(30-31)20(23,24)21(25,26)27)32-10-12(9-28-32)11-2-7-15(22)16(8-11)29-13-3-4-13/h2,7-10,13-14,29H,3-6H2,1H3. The van der Waals surface area contributed by atoms with Gasteiger partial charge in [-0.2, -0.15) is 32.1 Å². The fraction of sp³-hybridized carbons (Fsp3) is 0.429. The second-order valence-corrected chi connectivity index (χ2v) is 10.0. The normalized spacial score (nSPS) is 16.9. The maximum absolute atomic E-state index is 14.3. The summed E-state index contributed by atoms with van der Waals surface area (Å²) in [5.41, 5.74) is 0.942. The molecule has 0 amide bonds. The summed E-state index contributed by atoms with van der Waals surface area (Å²) in [6, 6.07) is 5.81. The van der Waals surface area contributed by atoms with Crippen LogP contribution in [0.3, 0.4) is 0 Å². The van der Waals surface area contributed by atoms with Gasteiger partial charge in [-0.1, -0.05) is 17.7 Å². The van der Waals surface area contributed by atoms with Crippen molar-refractivity contribution in [3.05, 3.63) is 41.3 Å². The van der Waals surface area contributed by atoms with Crippen molar-refractivity contribution in [2.24, 2.45) is 7.05 Å². The Morgan fingerprint density at radius 1 is 1.09 bits per heavy atom. The number of nitrogens with one attached hydrogen (secondary N) is 1. The molecule has 0 spiro atoms. The lowest BCUT2D eigenvalue weighted by molar-refractivity contribution is -0.292. The maximum Gasteiger partial charge on any atom is 0.459 e. The van der Waals surface area contributed by atoms with Crippen molar-refractivity contribution >= 4 is 29.1 Å². The van der Waals surface area contributed by atoms with E-state index in [4.69, 9.17) is 11.6 Å². The zero-order valence-corrected chi connectivity index (χ0v) is 18.9. The largest absolute Gasteiger partial charge is 0.459 e. The van der Waals surface area contributed by atoms with Crippen LogP contribution in [0.25, 0.3) is 16.9 Å². The van der Waals surface area contributed by atoms with Gasteiger partial charge < -0.3 is 5.32 Å². The molecule has 2 saturated carbocycles. The van der Waals surface area contributed by atoms with Crippen LogP contribution in [0.2, 0.25) is 5.02 Å². The molecule has 1 aromatic carbocycles. The fourth-order valence-corrected chi connectivity index (χ4v) is 4.89. The van der Waals surface area contributed by atoms with Crippen LogP contribution in [0.5, 0.6) is 0 Å². The van der Waals surface area contributed by atoms with E-state index < -0.39 is 17.8 Å². The van der Waals surface area contributed by atoms with Crippen molar-refractivity contribution in [3.8, 4) is 16.9 Å². The molecule has 2 aliphatic carbocycles. The van der Waals surface area contributed by atoms with E-state index in [-0.39, 0.29) is 16.0 Å². The average Bonchev–Trinajstić information content (AvgIpc) is 3.65. The van der Waals surface area contributed by atoms with Gasteiger partial charge in [-0.3, -0.25) is 0 Å². The van der Waals surface area contributed by atoms with E-state index in [1.165, 1.54) is 17.9 Å². The molecule has 5 rings (SSSR count). The Labute approximate surface area is 195 Å². The minimum atomic E-state index is -5.75. The number of hydrogen-bond donors (Lipinski definition) is 1. The van der Waals surface area contributed by atoms with Crippen LogP contribution in [0, 0.1) is 0 Å². The molecule has 0 atom stereocenters. The van der Waals surface area contributed by atoms with Crippen molar-refractivity contribution < 1.29 is 22.0 Å². The molecule has 33 heavy (non-hydrogen) atoms. The van der Waals surface area contributed by atoms with Crippen LogP contribution in [0.1, 0.15) is 31.4 Å². The van der Waals surface area contributed by atoms with Gasteiger partial charge >= 0.3 is 12.1 Å². The Hall–Kier alpha value is -2.27. The lowest BCUT2D eigenvalue weighted by atomic mass is 10.1. The maximum atomic E-state index is 14.3. The number of nitrogens with zero attached hydrogens (tertiary/aromatic N) is 4. The van der Waals surface area contributed by atoms with Crippen LogP contribution in [-0.4, -0.2) is 37.0 Å². The third-order valence-corrected chi connectivity index (χ3v) is 7.22. The third-order valence-electron chi connectivity index (χ3n) is 5.47.